The first-order valence-electron chi connectivity index (χ1n) is 7.00. The van der Waals surface area contributed by atoms with Crippen molar-refractivity contribution in [2.45, 2.75) is 24.7 Å². The highest BCUT2D eigenvalue weighted by Crippen LogP contribution is 2.16. The number of hydrogen-bond donors (Lipinski definition) is 1. The van der Waals surface area contributed by atoms with E-state index in [0.717, 1.165) is 6.42 Å². The van der Waals surface area contributed by atoms with Gasteiger partial charge in [-0.05, 0) is 30.7 Å². The highest BCUT2D eigenvalue weighted by molar-refractivity contribution is 7.92. The van der Waals surface area contributed by atoms with Crippen LogP contribution in [0.1, 0.15) is 29.6 Å². The zero-order valence-corrected chi connectivity index (χ0v) is 13.9. The maximum absolute atomic E-state index is 12.2. The van der Waals surface area contributed by atoms with Gasteiger partial charge in [0.1, 0.15) is 0 Å². The fourth-order valence-electron chi connectivity index (χ4n) is 1.82. The van der Waals surface area contributed by atoms with Crippen molar-refractivity contribution in [1.29, 1.82) is 0 Å². The second-order valence-corrected chi connectivity index (χ2v) is 6.76. The van der Waals surface area contributed by atoms with Gasteiger partial charge in [0.25, 0.3) is 15.9 Å². The summed E-state index contributed by atoms with van der Waals surface area (Å²) in [5, 5.41) is 7.39. The summed E-state index contributed by atoms with van der Waals surface area (Å²) in [7, 11) is -0.603. The van der Waals surface area contributed by atoms with E-state index in [9.17, 15) is 13.2 Å². The molecule has 23 heavy (non-hydrogen) atoms. The van der Waals surface area contributed by atoms with Crippen LogP contribution in [0.3, 0.4) is 0 Å². The molecule has 2 rings (SSSR count). The van der Waals surface area contributed by atoms with Gasteiger partial charge >= 0.3 is 6.01 Å². The molecular formula is C14H18N4O4S. The summed E-state index contributed by atoms with van der Waals surface area (Å²) < 4.78 is 31.9. The predicted octanol–water partition coefficient (Wildman–Crippen LogP) is 1.52. The minimum absolute atomic E-state index is 0.00282. The smallest absolute Gasteiger partial charge is 0.329 e. The number of aromatic nitrogens is 2. The summed E-state index contributed by atoms with van der Waals surface area (Å²) in [6.07, 6.45) is 1.39. The molecule has 1 amide bonds. The Morgan fingerprint density at radius 3 is 2.43 bits per heavy atom. The lowest BCUT2D eigenvalue weighted by atomic mass is 10.2. The number of nitrogens with one attached hydrogen (secondary N) is 1. The number of carbonyl (C=O) groups excluding carboxylic acids is 1. The Labute approximate surface area is 134 Å². The molecule has 1 N–H and O–H groups in total. The number of sulfonamides is 1. The summed E-state index contributed by atoms with van der Waals surface area (Å²) in [4.78, 5) is 13.2. The Morgan fingerprint density at radius 2 is 1.87 bits per heavy atom. The largest absolute Gasteiger partial charge is 0.407 e. The van der Waals surface area contributed by atoms with Gasteiger partial charge in [0, 0.05) is 26.1 Å². The molecule has 0 saturated carbocycles. The van der Waals surface area contributed by atoms with E-state index >= 15 is 0 Å². The lowest BCUT2D eigenvalue weighted by molar-refractivity contribution is 0.0827. The predicted molar refractivity (Wildman–Crippen MR) is 83.6 cm³/mol. The number of aryl methyl sites for hydroxylation is 1. The Kier molecular flexibility index (Phi) is 4.99. The molecule has 124 valence electrons. The molecule has 0 atom stereocenters. The molecule has 0 aliphatic heterocycles. The highest BCUT2D eigenvalue weighted by atomic mass is 32.2. The molecule has 1 aromatic carbocycles. The van der Waals surface area contributed by atoms with Crippen molar-refractivity contribution >= 4 is 21.9 Å². The zero-order chi connectivity index (χ0) is 17.0. The van der Waals surface area contributed by atoms with E-state index in [4.69, 9.17) is 4.42 Å². The third-order valence-corrected chi connectivity index (χ3v) is 4.31. The van der Waals surface area contributed by atoms with Gasteiger partial charge in [0.05, 0.1) is 4.90 Å². The minimum Gasteiger partial charge on any atom is -0.407 e. The molecular weight excluding hydrogens is 320 g/mol. The van der Waals surface area contributed by atoms with Gasteiger partial charge < -0.3 is 9.32 Å². The van der Waals surface area contributed by atoms with E-state index in [-0.39, 0.29) is 16.8 Å². The van der Waals surface area contributed by atoms with Crippen LogP contribution in [0.2, 0.25) is 0 Å². The molecule has 1 aromatic heterocycles. The van der Waals surface area contributed by atoms with Gasteiger partial charge in [-0.25, -0.2) is 13.1 Å². The van der Waals surface area contributed by atoms with Crippen LogP contribution in [0.15, 0.2) is 33.6 Å². The van der Waals surface area contributed by atoms with E-state index in [1.165, 1.54) is 29.2 Å². The van der Waals surface area contributed by atoms with Crippen molar-refractivity contribution < 1.29 is 17.6 Å². The van der Waals surface area contributed by atoms with E-state index < -0.39 is 10.0 Å². The quantitative estimate of drug-likeness (QED) is 0.856. The van der Waals surface area contributed by atoms with Gasteiger partial charge in [-0.15, -0.1) is 5.10 Å². The second kappa shape index (κ2) is 6.78. The summed E-state index contributed by atoms with van der Waals surface area (Å²) in [5.41, 5.74) is 0.400. The number of nitrogens with zero attached hydrogens (tertiary/aromatic N) is 3. The van der Waals surface area contributed by atoms with Crippen LogP contribution in [0.5, 0.6) is 0 Å². The van der Waals surface area contributed by atoms with Crippen LogP contribution < -0.4 is 4.72 Å². The number of benzene rings is 1. The topological polar surface area (TPSA) is 105 Å². The maximum Gasteiger partial charge on any atom is 0.329 e. The molecule has 2 aromatic rings. The first-order valence-corrected chi connectivity index (χ1v) is 8.48. The lowest BCUT2D eigenvalue weighted by Crippen LogP contribution is -2.21. The van der Waals surface area contributed by atoms with E-state index in [0.29, 0.717) is 17.9 Å². The average molecular weight is 338 g/mol. The van der Waals surface area contributed by atoms with Crippen LogP contribution in [0.4, 0.5) is 6.01 Å². The number of carbonyl (C=O) groups is 1. The van der Waals surface area contributed by atoms with Crippen molar-refractivity contribution in [3.05, 3.63) is 35.7 Å². The molecule has 0 unspecified atom stereocenters. The van der Waals surface area contributed by atoms with E-state index in [1.54, 1.807) is 14.1 Å². The van der Waals surface area contributed by atoms with Gasteiger partial charge in [0.15, 0.2) is 0 Å². The van der Waals surface area contributed by atoms with Crippen molar-refractivity contribution in [2.75, 3.05) is 18.8 Å². The number of amides is 1. The minimum atomic E-state index is -3.85. The molecule has 0 spiro atoms. The van der Waals surface area contributed by atoms with Gasteiger partial charge in [-0.2, -0.15) is 0 Å². The van der Waals surface area contributed by atoms with Gasteiger partial charge in [-0.1, -0.05) is 12.0 Å². The molecule has 0 bridgehead atoms. The van der Waals surface area contributed by atoms with Crippen LogP contribution in [0, 0.1) is 0 Å². The van der Waals surface area contributed by atoms with Crippen LogP contribution >= 0.6 is 0 Å². The monoisotopic (exact) mass is 338 g/mol. The van der Waals surface area contributed by atoms with Crippen LogP contribution in [-0.2, 0) is 16.4 Å². The molecule has 0 aliphatic rings. The summed E-state index contributed by atoms with van der Waals surface area (Å²) in [5.74, 6) is 0.167. The van der Waals surface area contributed by atoms with E-state index in [2.05, 4.69) is 14.9 Å². The molecule has 8 nitrogen and oxygen atoms in total. The third-order valence-electron chi connectivity index (χ3n) is 2.97. The third kappa shape index (κ3) is 4.07. The highest BCUT2D eigenvalue weighted by Gasteiger charge is 2.18. The molecule has 9 heteroatoms. The fraction of sp³-hybridized carbons (Fsp3) is 0.357. The van der Waals surface area contributed by atoms with Crippen LogP contribution in [-0.4, -0.2) is 43.5 Å². The van der Waals surface area contributed by atoms with Crippen molar-refractivity contribution in [2.24, 2.45) is 0 Å². The molecule has 0 fully saturated rings. The Bertz CT molecular complexity index is 781. The second-order valence-electron chi connectivity index (χ2n) is 5.08. The maximum atomic E-state index is 12.2. The Hall–Kier alpha value is -2.42. The normalized spacial score (nSPS) is 11.3. The van der Waals surface area contributed by atoms with Gasteiger partial charge in [0.2, 0.25) is 5.89 Å². The fourth-order valence-corrected chi connectivity index (χ4v) is 2.74. The SMILES string of the molecule is CCCc1nnc(NS(=O)(=O)c2ccc(C(=O)N(C)C)cc2)o1. The standard InChI is InChI=1S/C14H18N4O4S/c1-4-5-12-15-16-14(22-12)17-23(20,21)11-8-6-10(7-9-11)13(19)18(2)3/h6-9H,4-5H2,1-3H3,(H,16,17). The summed E-state index contributed by atoms with van der Waals surface area (Å²) in [6.45, 7) is 1.95. The molecule has 0 saturated heterocycles. The Morgan fingerprint density at radius 1 is 1.22 bits per heavy atom. The number of anilines is 1. The first kappa shape index (κ1) is 16.9. The zero-order valence-electron chi connectivity index (χ0n) is 13.1. The first-order chi connectivity index (χ1) is 10.8. The van der Waals surface area contributed by atoms with Gasteiger partial charge in [-0.3, -0.25) is 4.79 Å². The molecule has 0 radical (unpaired) electrons. The van der Waals surface area contributed by atoms with Crippen molar-refractivity contribution in [3.8, 4) is 0 Å². The lowest BCUT2D eigenvalue weighted by Gasteiger charge is -2.10. The average Bonchev–Trinajstić information content (AvgIpc) is 2.93. The summed E-state index contributed by atoms with van der Waals surface area (Å²) in [6, 6.07) is 5.42. The van der Waals surface area contributed by atoms with E-state index in [1.807, 2.05) is 6.92 Å². The molecule has 1 heterocycles. The van der Waals surface area contributed by atoms with Crippen molar-refractivity contribution in [3.63, 3.8) is 0 Å². The molecule has 0 aliphatic carbocycles. The van der Waals surface area contributed by atoms with Crippen molar-refractivity contribution in [1.82, 2.24) is 15.1 Å². The Balaban J connectivity index is 2.17. The van der Waals surface area contributed by atoms with Crippen LogP contribution in [0.25, 0.3) is 0 Å². The number of rotatable bonds is 6. The number of hydrogen-bond acceptors (Lipinski definition) is 6. The summed E-state index contributed by atoms with van der Waals surface area (Å²) >= 11 is 0.